The average Bonchev–Trinajstić information content (AvgIpc) is 2.97. The summed E-state index contributed by atoms with van der Waals surface area (Å²) in [7, 11) is 3.33. The van der Waals surface area contributed by atoms with E-state index in [1.807, 2.05) is 13.1 Å². The van der Waals surface area contributed by atoms with Crippen LogP contribution in [0, 0.1) is 18.8 Å². The molecule has 0 aliphatic carbocycles. The molecule has 1 aromatic rings. The number of aromatic nitrogens is 1. The van der Waals surface area contributed by atoms with Crippen molar-refractivity contribution in [1.82, 2.24) is 15.2 Å². The zero-order valence-electron chi connectivity index (χ0n) is 14.7. The van der Waals surface area contributed by atoms with E-state index >= 15 is 0 Å². The summed E-state index contributed by atoms with van der Waals surface area (Å²) in [5.41, 5.74) is 2.28. The van der Waals surface area contributed by atoms with Crippen molar-refractivity contribution in [1.29, 1.82) is 0 Å². The molecule has 0 radical (unpaired) electrons. The third-order valence-electron chi connectivity index (χ3n) is 5.23. The van der Waals surface area contributed by atoms with Crippen molar-refractivity contribution < 1.29 is 14.3 Å². The highest BCUT2D eigenvalue weighted by Crippen LogP contribution is 2.36. The summed E-state index contributed by atoms with van der Waals surface area (Å²) in [5, 5.41) is 2.70. The number of amides is 1. The maximum Gasteiger partial charge on any atom is 0.222 e. The Hall–Kier alpha value is -1.66. The van der Waals surface area contributed by atoms with Crippen LogP contribution in [0.5, 0.6) is 5.88 Å². The number of carbonyl (C=O) groups excluding carboxylic acids is 1. The van der Waals surface area contributed by atoms with Gasteiger partial charge in [-0.15, -0.1) is 0 Å². The van der Waals surface area contributed by atoms with Gasteiger partial charge in [-0.05, 0) is 37.4 Å². The molecule has 3 heterocycles. The largest absolute Gasteiger partial charge is 0.481 e. The maximum atomic E-state index is 11.6. The topological polar surface area (TPSA) is 63.7 Å². The van der Waals surface area contributed by atoms with Gasteiger partial charge in [-0.25, -0.2) is 4.98 Å². The van der Waals surface area contributed by atoms with Gasteiger partial charge in [0, 0.05) is 37.8 Å². The molecule has 0 spiro atoms. The van der Waals surface area contributed by atoms with E-state index in [2.05, 4.69) is 21.3 Å². The Morgan fingerprint density at radius 3 is 3.08 bits per heavy atom. The molecule has 1 amide bonds. The molecule has 6 heteroatoms. The van der Waals surface area contributed by atoms with Gasteiger partial charge in [0.2, 0.25) is 11.8 Å². The molecule has 0 saturated carbocycles. The number of hydrogen-bond donors (Lipinski definition) is 1. The first-order chi connectivity index (χ1) is 11.6. The van der Waals surface area contributed by atoms with E-state index in [1.54, 1.807) is 14.2 Å². The Labute approximate surface area is 143 Å². The van der Waals surface area contributed by atoms with Crippen molar-refractivity contribution in [3.63, 3.8) is 0 Å². The lowest BCUT2D eigenvalue weighted by Gasteiger charge is -2.35. The minimum atomic E-state index is 0.0721. The summed E-state index contributed by atoms with van der Waals surface area (Å²) in [4.78, 5) is 18.4. The third kappa shape index (κ3) is 3.70. The Bertz CT molecular complexity index is 593. The molecular weight excluding hydrogens is 306 g/mol. The van der Waals surface area contributed by atoms with E-state index in [0.717, 1.165) is 38.2 Å². The SMILES string of the molecule is CNC(=O)C[C@@H]1OC[C@H]2CN(Cc3cnc(OC)c(C)c3)CC[C@H]21. The Morgan fingerprint density at radius 1 is 1.54 bits per heavy atom. The maximum absolute atomic E-state index is 11.6. The van der Waals surface area contributed by atoms with Gasteiger partial charge in [-0.3, -0.25) is 9.69 Å². The number of nitrogens with zero attached hydrogens (tertiary/aromatic N) is 2. The lowest BCUT2D eigenvalue weighted by molar-refractivity contribution is -0.123. The van der Waals surface area contributed by atoms with Crippen molar-refractivity contribution in [2.24, 2.45) is 11.8 Å². The molecule has 2 saturated heterocycles. The first kappa shape index (κ1) is 17.2. The first-order valence-electron chi connectivity index (χ1n) is 8.64. The molecule has 0 bridgehead atoms. The van der Waals surface area contributed by atoms with E-state index in [-0.39, 0.29) is 12.0 Å². The third-order valence-corrected chi connectivity index (χ3v) is 5.23. The smallest absolute Gasteiger partial charge is 0.222 e. The lowest BCUT2D eigenvalue weighted by Crippen LogP contribution is -2.41. The minimum absolute atomic E-state index is 0.0721. The van der Waals surface area contributed by atoms with Crippen molar-refractivity contribution in [2.75, 3.05) is 33.9 Å². The van der Waals surface area contributed by atoms with Crippen LogP contribution in [0.3, 0.4) is 0 Å². The fraction of sp³-hybridized carbons (Fsp3) is 0.667. The van der Waals surface area contributed by atoms with Crippen LogP contribution in [0.25, 0.3) is 0 Å². The molecule has 2 aliphatic heterocycles. The average molecular weight is 333 g/mol. The summed E-state index contributed by atoms with van der Waals surface area (Å²) in [6.45, 7) is 5.76. The van der Waals surface area contributed by atoms with Gasteiger partial charge in [-0.1, -0.05) is 0 Å². The highest BCUT2D eigenvalue weighted by molar-refractivity contribution is 5.76. The number of pyridine rings is 1. The van der Waals surface area contributed by atoms with Crippen molar-refractivity contribution >= 4 is 5.91 Å². The minimum Gasteiger partial charge on any atom is -0.481 e. The second-order valence-electron chi connectivity index (χ2n) is 6.87. The number of methoxy groups -OCH3 is 1. The van der Waals surface area contributed by atoms with Gasteiger partial charge >= 0.3 is 0 Å². The second kappa shape index (κ2) is 7.49. The Balaban J connectivity index is 1.56. The first-order valence-corrected chi connectivity index (χ1v) is 8.64. The molecule has 1 N–H and O–H groups in total. The number of rotatable bonds is 5. The van der Waals surface area contributed by atoms with E-state index in [9.17, 15) is 4.79 Å². The monoisotopic (exact) mass is 333 g/mol. The summed E-state index contributed by atoms with van der Waals surface area (Å²) in [6, 6.07) is 2.15. The molecule has 0 aromatic carbocycles. The lowest BCUT2D eigenvalue weighted by atomic mass is 9.83. The highest BCUT2D eigenvalue weighted by atomic mass is 16.5. The highest BCUT2D eigenvalue weighted by Gasteiger charge is 2.41. The normalized spacial score (nSPS) is 26.9. The van der Waals surface area contributed by atoms with Crippen LogP contribution >= 0.6 is 0 Å². The number of likely N-dealkylation sites (tertiary alicyclic amines) is 1. The van der Waals surface area contributed by atoms with Gasteiger partial charge in [0.1, 0.15) is 0 Å². The fourth-order valence-electron chi connectivity index (χ4n) is 3.98. The number of aryl methyl sites for hydroxylation is 1. The zero-order chi connectivity index (χ0) is 17.1. The molecule has 1 aromatic heterocycles. The number of fused-ring (bicyclic) bond motifs is 1. The fourth-order valence-corrected chi connectivity index (χ4v) is 3.98. The predicted octanol–water partition coefficient (Wildman–Crippen LogP) is 1.37. The van der Waals surface area contributed by atoms with Gasteiger partial charge in [-0.2, -0.15) is 0 Å². The molecule has 132 valence electrons. The molecule has 3 rings (SSSR count). The van der Waals surface area contributed by atoms with E-state index in [1.165, 1.54) is 5.56 Å². The van der Waals surface area contributed by atoms with E-state index in [4.69, 9.17) is 9.47 Å². The Morgan fingerprint density at radius 2 is 2.38 bits per heavy atom. The van der Waals surface area contributed by atoms with Gasteiger partial charge in [0.05, 0.1) is 26.2 Å². The molecule has 2 aliphatic rings. The molecule has 2 fully saturated rings. The van der Waals surface area contributed by atoms with Crippen LogP contribution in [-0.2, 0) is 16.1 Å². The van der Waals surface area contributed by atoms with Crippen LogP contribution in [0.2, 0.25) is 0 Å². The summed E-state index contributed by atoms with van der Waals surface area (Å²) < 4.78 is 11.1. The number of hydrogen-bond acceptors (Lipinski definition) is 5. The molecule has 0 unspecified atom stereocenters. The number of ether oxygens (including phenoxy) is 2. The zero-order valence-corrected chi connectivity index (χ0v) is 14.7. The molecule has 24 heavy (non-hydrogen) atoms. The van der Waals surface area contributed by atoms with Crippen LogP contribution in [0.4, 0.5) is 0 Å². The standard InChI is InChI=1S/C18H27N3O3/c1-12-6-13(8-20-18(12)23-3)9-21-5-4-15-14(10-21)11-24-16(15)7-17(22)19-2/h6,8,14-16H,4-5,7,9-11H2,1-3H3,(H,19,22)/t14-,15-,16+/m1/s1. The van der Waals surface area contributed by atoms with E-state index < -0.39 is 0 Å². The molecular formula is C18H27N3O3. The summed E-state index contributed by atoms with van der Waals surface area (Å²) in [5.74, 6) is 1.80. The van der Waals surface area contributed by atoms with Crippen molar-refractivity contribution in [2.45, 2.75) is 32.4 Å². The van der Waals surface area contributed by atoms with Gasteiger partial charge in [0.15, 0.2) is 0 Å². The number of piperidine rings is 1. The van der Waals surface area contributed by atoms with Gasteiger partial charge in [0.25, 0.3) is 0 Å². The molecule has 6 nitrogen and oxygen atoms in total. The van der Waals surface area contributed by atoms with Gasteiger partial charge < -0.3 is 14.8 Å². The molecule has 3 atom stereocenters. The van der Waals surface area contributed by atoms with Crippen LogP contribution in [0.15, 0.2) is 12.3 Å². The number of nitrogens with one attached hydrogen (secondary N) is 1. The van der Waals surface area contributed by atoms with E-state index in [0.29, 0.717) is 24.1 Å². The summed E-state index contributed by atoms with van der Waals surface area (Å²) in [6.07, 6.45) is 3.56. The van der Waals surface area contributed by atoms with Crippen LogP contribution in [-0.4, -0.2) is 55.7 Å². The second-order valence-corrected chi connectivity index (χ2v) is 6.87. The van der Waals surface area contributed by atoms with Crippen LogP contribution in [0.1, 0.15) is 24.0 Å². The van der Waals surface area contributed by atoms with Crippen LogP contribution < -0.4 is 10.1 Å². The number of carbonyl (C=O) groups is 1. The Kier molecular flexibility index (Phi) is 5.36. The summed E-state index contributed by atoms with van der Waals surface area (Å²) >= 11 is 0. The quantitative estimate of drug-likeness (QED) is 0.882. The van der Waals surface area contributed by atoms with Crippen molar-refractivity contribution in [3.05, 3.63) is 23.4 Å². The predicted molar refractivity (Wildman–Crippen MR) is 90.8 cm³/mol. The van der Waals surface area contributed by atoms with Crippen molar-refractivity contribution in [3.8, 4) is 5.88 Å².